The first-order valence-corrected chi connectivity index (χ1v) is 6.03. The lowest BCUT2D eigenvalue weighted by molar-refractivity contribution is -0.135. The van der Waals surface area contributed by atoms with Crippen LogP contribution in [0, 0.1) is 0 Å². The van der Waals surface area contributed by atoms with E-state index in [-0.39, 0.29) is 11.9 Å². The van der Waals surface area contributed by atoms with E-state index in [1.165, 1.54) is 0 Å². The fourth-order valence-electron chi connectivity index (χ4n) is 2.14. The largest absolute Gasteiger partial charge is 0.389 e. The van der Waals surface area contributed by atoms with Crippen LogP contribution in [0.1, 0.15) is 33.6 Å². The molecule has 0 spiro atoms. The van der Waals surface area contributed by atoms with Gasteiger partial charge in [-0.2, -0.15) is 0 Å². The smallest absolute Gasteiger partial charge is 0.239 e. The maximum atomic E-state index is 12.1. The van der Waals surface area contributed by atoms with Crippen molar-refractivity contribution < 1.29 is 9.90 Å². The number of likely N-dealkylation sites (tertiary alicyclic amines) is 1. The van der Waals surface area contributed by atoms with Crippen LogP contribution >= 0.6 is 0 Å². The lowest BCUT2D eigenvalue weighted by Crippen LogP contribution is -2.48. The number of hydrogen-bond acceptors (Lipinski definition) is 3. The third-order valence-corrected chi connectivity index (χ3v) is 3.07. The molecule has 1 aliphatic heterocycles. The second-order valence-corrected chi connectivity index (χ2v) is 5.44. The average Bonchev–Trinajstić information content (AvgIpc) is 2.65. The van der Waals surface area contributed by atoms with Crippen LogP contribution in [-0.2, 0) is 4.79 Å². The minimum atomic E-state index is -0.756. The van der Waals surface area contributed by atoms with E-state index in [0.717, 1.165) is 25.9 Å². The standard InChI is InChI=1S/C12H24N2O2/c1-10(13(4)9-12(2,3)16)11(15)14-7-5-6-8-14/h10,16H,5-9H2,1-4H3. The van der Waals surface area contributed by atoms with Crippen molar-refractivity contribution in [2.24, 2.45) is 0 Å². The molecular weight excluding hydrogens is 204 g/mol. The number of amides is 1. The summed E-state index contributed by atoms with van der Waals surface area (Å²) in [5.41, 5.74) is -0.756. The number of nitrogens with zero attached hydrogens (tertiary/aromatic N) is 2. The van der Waals surface area contributed by atoms with Crippen molar-refractivity contribution >= 4 is 5.91 Å². The zero-order valence-electron chi connectivity index (χ0n) is 10.9. The molecule has 94 valence electrons. The highest BCUT2D eigenvalue weighted by molar-refractivity contribution is 5.81. The predicted molar refractivity (Wildman–Crippen MR) is 64.2 cm³/mol. The van der Waals surface area contributed by atoms with E-state index >= 15 is 0 Å². The number of rotatable bonds is 4. The lowest BCUT2D eigenvalue weighted by Gasteiger charge is -2.31. The highest BCUT2D eigenvalue weighted by atomic mass is 16.3. The van der Waals surface area contributed by atoms with Crippen LogP contribution in [0.15, 0.2) is 0 Å². The number of hydrogen-bond donors (Lipinski definition) is 1. The van der Waals surface area contributed by atoms with Gasteiger partial charge in [0, 0.05) is 19.6 Å². The maximum Gasteiger partial charge on any atom is 0.239 e. The SMILES string of the molecule is CC(C(=O)N1CCCC1)N(C)CC(C)(C)O. The lowest BCUT2D eigenvalue weighted by atomic mass is 10.1. The Bertz CT molecular complexity index is 242. The summed E-state index contributed by atoms with van der Waals surface area (Å²) in [4.78, 5) is 15.9. The highest BCUT2D eigenvalue weighted by Gasteiger charge is 2.28. The first kappa shape index (κ1) is 13.5. The molecule has 0 aromatic carbocycles. The van der Waals surface area contributed by atoms with Gasteiger partial charge < -0.3 is 10.0 Å². The zero-order chi connectivity index (χ0) is 12.3. The molecule has 0 saturated carbocycles. The van der Waals surface area contributed by atoms with Crippen LogP contribution in [0.5, 0.6) is 0 Å². The molecule has 1 amide bonds. The first-order valence-electron chi connectivity index (χ1n) is 6.03. The molecule has 0 aromatic heterocycles. The molecule has 0 aromatic rings. The normalized spacial score (nSPS) is 19.2. The van der Waals surface area contributed by atoms with Crippen molar-refractivity contribution in [3.63, 3.8) is 0 Å². The second-order valence-electron chi connectivity index (χ2n) is 5.44. The predicted octanol–water partition coefficient (Wildman–Crippen LogP) is 0.700. The molecule has 4 heteroatoms. The number of carbonyl (C=O) groups excluding carboxylic acids is 1. The summed E-state index contributed by atoms with van der Waals surface area (Å²) in [5, 5.41) is 9.72. The van der Waals surface area contributed by atoms with Crippen LogP contribution in [0.4, 0.5) is 0 Å². The van der Waals surface area contributed by atoms with E-state index in [4.69, 9.17) is 0 Å². The molecule has 0 aliphatic carbocycles. The van der Waals surface area contributed by atoms with Crippen molar-refractivity contribution in [2.45, 2.75) is 45.3 Å². The first-order chi connectivity index (χ1) is 7.31. The van der Waals surface area contributed by atoms with Crippen LogP contribution < -0.4 is 0 Å². The summed E-state index contributed by atoms with van der Waals surface area (Å²) in [6, 6.07) is -0.149. The Morgan fingerprint density at radius 1 is 1.44 bits per heavy atom. The molecule has 0 radical (unpaired) electrons. The summed E-state index contributed by atoms with van der Waals surface area (Å²) in [5.74, 6) is 0.184. The fraction of sp³-hybridized carbons (Fsp3) is 0.917. The summed E-state index contributed by atoms with van der Waals surface area (Å²) >= 11 is 0. The van der Waals surface area contributed by atoms with Gasteiger partial charge in [-0.25, -0.2) is 0 Å². The fourth-order valence-corrected chi connectivity index (χ4v) is 2.14. The Hall–Kier alpha value is -0.610. The average molecular weight is 228 g/mol. The van der Waals surface area contributed by atoms with E-state index in [0.29, 0.717) is 6.54 Å². The molecular formula is C12H24N2O2. The molecule has 0 bridgehead atoms. The van der Waals surface area contributed by atoms with Gasteiger partial charge in [-0.15, -0.1) is 0 Å². The van der Waals surface area contributed by atoms with Crippen LogP contribution in [0.25, 0.3) is 0 Å². The Balaban J connectivity index is 2.49. The van der Waals surface area contributed by atoms with E-state index < -0.39 is 5.60 Å². The summed E-state index contributed by atoms with van der Waals surface area (Å²) in [6.07, 6.45) is 2.24. The minimum absolute atomic E-state index is 0.149. The molecule has 1 saturated heterocycles. The Labute approximate surface area is 98.2 Å². The van der Waals surface area contributed by atoms with Crippen LogP contribution in [0.2, 0.25) is 0 Å². The van der Waals surface area contributed by atoms with E-state index in [9.17, 15) is 9.90 Å². The molecule has 1 fully saturated rings. The highest BCUT2D eigenvalue weighted by Crippen LogP contribution is 2.13. The number of aliphatic hydroxyl groups is 1. The van der Waals surface area contributed by atoms with Gasteiger partial charge in [0.15, 0.2) is 0 Å². The number of carbonyl (C=O) groups is 1. The molecule has 16 heavy (non-hydrogen) atoms. The van der Waals surface area contributed by atoms with Gasteiger partial charge in [-0.3, -0.25) is 9.69 Å². The van der Waals surface area contributed by atoms with Gasteiger partial charge in [0.25, 0.3) is 0 Å². The van der Waals surface area contributed by atoms with Crippen molar-refractivity contribution in [2.75, 3.05) is 26.7 Å². The van der Waals surface area contributed by atoms with Gasteiger partial charge in [-0.1, -0.05) is 0 Å². The molecule has 1 atom stereocenters. The zero-order valence-corrected chi connectivity index (χ0v) is 10.9. The summed E-state index contributed by atoms with van der Waals surface area (Å²) < 4.78 is 0. The molecule has 1 rings (SSSR count). The van der Waals surface area contributed by atoms with Gasteiger partial charge in [-0.05, 0) is 40.7 Å². The van der Waals surface area contributed by atoms with Crippen LogP contribution in [-0.4, -0.2) is 59.1 Å². The second kappa shape index (κ2) is 5.15. The number of likely N-dealkylation sites (N-methyl/N-ethyl adjacent to an activating group) is 1. The van der Waals surface area contributed by atoms with Crippen LogP contribution in [0.3, 0.4) is 0 Å². The monoisotopic (exact) mass is 228 g/mol. The van der Waals surface area contributed by atoms with Crippen molar-refractivity contribution in [3.8, 4) is 0 Å². The van der Waals surface area contributed by atoms with Crippen molar-refractivity contribution in [3.05, 3.63) is 0 Å². The third kappa shape index (κ3) is 3.76. The quantitative estimate of drug-likeness (QED) is 0.770. The third-order valence-electron chi connectivity index (χ3n) is 3.07. The van der Waals surface area contributed by atoms with E-state index in [1.54, 1.807) is 13.8 Å². The Morgan fingerprint density at radius 3 is 2.38 bits per heavy atom. The van der Waals surface area contributed by atoms with E-state index in [2.05, 4.69) is 0 Å². The maximum absolute atomic E-state index is 12.1. The van der Waals surface area contributed by atoms with Gasteiger partial charge in [0.1, 0.15) is 0 Å². The summed E-state index contributed by atoms with van der Waals surface area (Å²) in [7, 11) is 1.89. The topological polar surface area (TPSA) is 43.8 Å². The molecule has 1 unspecified atom stereocenters. The van der Waals surface area contributed by atoms with Crippen molar-refractivity contribution in [1.29, 1.82) is 0 Å². The molecule has 4 nitrogen and oxygen atoms in total. The molecule has 1 N–H and O–H groups in total. The summed E-state index contributed by atoms with van der Waals surface area (Å²) in [6.45, 7) is 7.71. The van der Waals surface area contributed by atoms with Gasteiger partial charge >= 0.3 is 0 Å². The van der Waals surface area contributed by atoms with Gasteiger partial charge in [0.05, 0.1) is 11.6 Å². The van der Waals surface area contributed by atoms with Gasteiger partial charge in [0.2, 0.25) is 5.91 Å². The Morgan fingerprint density at radius 2 is 1.94 bits per heavy atom. The van der Waals surface area contributed by atoms with E-state index in [1.807, 2.05) is 23.8 Å². The van der Waals surface area contributed by atoms with Crippen molar-refractivity contribution in [1.82, 2.24) is 9.80 Å². The Kier molecular flexibility index (Phi) is 4.33. The molecule has 1 heterocycles. The minimum Gasteiger partial charge on any atom is -0.389 e. The molecule has 1 aliphatic rings.